The number of rotatable bonds is 4. The third-order valence-electron chi connectivity index (χ3n) is 5.86. The van der Waals surface area contributed by atoms with E-state index >= 15 is 0 Å². The van der Waals surface area contributed by atoms with Gasteiger partial charge in [0.2, 0.25) is 5.92 Å². The smallest absolute Gasteiger partial charge is 0.248 e. The lowest BCUT2D eigenvalue weighted by molar-refractivity contribution is -0.0536. The number of nitrogens with zero attached hydrogens (tertiary/aromatic N) is 2. The average Bonchev–Trinajstić information content (AvgIpc) is 2.64. The molecule has 2 heterocycles. The number of hydrogen-bond acceptors (Lipinski definition) is 3. The lowest BCUT2D eigenvalue weighted by atomic mass is 9.75. The van der Waals surface area contributed by atoms with E-state index in [1.807, 2.05) is 26.0 Å². The summed E-state index contributed by atoms with van der Waals surface area (Å²) in [5.74, 6) is -2.05. The highest BCUT2D eigenvalue weighted by Crippen LogP contribution is 2.41. The summed E-state index contributed by atoms with van der Waals surface area (Å²) < 4.78 is 27.1. The molecule has 27 heavy (non-hydrogen) atoms. The molecule has 1 unspecified atom stereocenters. The van der Waals surface area contributed by atoms with Gasteiger partial charge < -0.3 is 16.4 Å². The van der Waals surface area contributed by atoms with Gasteiger partial charge in [-0.3, -0.25) is 4.98 Å². The molecule has 1 aromatic rings. The Hall–Kier alpha value is -2.02. The summed E-state index contributed by atoms with van der Waals surface area (Å²) in [6.45, 7) is 6.42. The number of halogens is 2. The number of aromatic nitrogens is 1. The van der Waals surface area contributed by atoms with Gasteiger partial charge in [0, 0.05) is 24.7 Å². The fourth-order valence-corrected chi connectivity index (χ4v) is 3.88. The van der Waals surface area contributed by atoms with Crippen molar-refractivity contribution in [3.8, 4) is 0 Å². The normalized spacial score (nSPS) is 27.4. The zero-order chi connectivity index (χ0) is 19.7. The molecule has 0 saturated heterocycles. The summed E-state index contributed by atoms with van der Waals surface area (Å²) in [6.07, 6.45) is 3.31. The highest BCUT2D eigenvalue weighted by molar-refractivity contribution is 5.84. The molecule has 0 spiro atoms. The molecule has 7 heteroatoms. The van der Waals surface area contributed by atoms with Crippen LogP contribution < -0.4 is 16.4 Å². The van der Waals surface area contributed by atoms with Crippen molar-refractivity contribution < 1.29 is 8.78 Å². The molecule has 0 aromatic carbocycles. The number of aliphatic imine (C=N–C) groups is 1. The fourth-order valence-electron chi connectivity index (χ4n) is 3.88. The molecule has 3 rings (SSSR count). The second-order valence-electron chi connectivity index (χ2n) is 7.67. The van der Waals surface area contributed by atoms with Gasteiger partial charge in [-0.05, 0) is 62.3 Å². The number of nitrogens with two attached hydrogens (primary N) is 1. The van der Waals surface area contributed by atoms with Crippen LogP contribution in [-0.2, 0) is 13.0 Å². The zero-order valence-corrected chi connectivity index (χ0v) is 16.3. The van der Waals surface area contributed by atoms with E-state index in [1.165, 1.54) is 5.56 Å². The van der Waals surface area contributed by atoms with E-state index in [2.05, 4.69) is 27.5 Å². The average molecular weight is 377 g/mol. The van der Waals surface area contributed by atoms with Crippen molar-refractivity contribution in [2.24, 2.45) is 16.6 Å². The lowest BCUT2D eigenvalue weighted by Crippen LogP contribution is -2.67. The van der Waals surface area contributed by atoms with Gasteiger partial charge in [0.1, 0.15) is 5.66 Å². The first-order valence-corrected chi connectivity index (χ1v) is 9.61. The van der Waals surface area contributed by atoms with E-state index in [-0.39, 0.29) is 18.8 Å². The van der Waals surface area contributed by atoms with E-state index in [0.717, 1.165) is 23.4 Å². The largest absolute Gasteiger partial charge is 0.334 e. The molecule has 0 radical (unpaired) electrons. The quantitative estimate of drug-likeness (QED) is 0.751. The van der Waals surface area contributed by atoms with Crippen LogP contribution in [0.25, 0.3) is 0 Å². The zero-order valence-electron chi connectivity index (χ0n) is 16.3. The molecule has 5 nitrogen and oxygen atoms in total. The maximum atomic E-state index is 13.6. The second kappa shape index (κ2) is 7.54. The predicted octanol–water partition coefficient (Wildman–Crippen LogP) is 3.47. The molecular weight excluding hydrogens is 348 g/mol. The minimum atomic E-state index is -2.57. The van der Waals surface area contributed by atoms with Crippen LogP contribution in [0.1, 0.15) is 57.7 Å². The minimum Gasteiger partial charge on any atom is -0.334 e. The van der Waals surface area contributed by atoms with Gasteiger partial charge in [-0.2, -0.15) is 0 Å². The molecule has 1 aliphatic carbocycles. The standard InChI is InChI=1S/C20H29F2N5/c1-4-15-7-10-24-17(11-15)12-25-18-26-14(3)13(2)20(23,27-18)16-5-8-19(21,22)9-6-16/h7,10-11,16H,4-6,8-9,12,23H2,1-3H3,(H2,25,26,27). The van der Waals surface area contributed by atoms with Crippen LogP contribution in [0.3, 0.4) is 0 Å². The van der Waals surface area contributed by atoms with Gasteiger partial charge in [-0.1, -0.05) is 6.92 Å². The Morgan fingerprint density at radius 3 is 2.67 bits per heavy atom. The summed E-state index contributed by atoms with van der Waals surface area (Å²) in [5.41, 5.74) is 9.82. The van der Waals surface area contributed by atoms with Crippen LogP contribution in [-0.4, -0.2) is 22.5 Å². The van der Waals surface area contributed by atoms with E-state index in [4.69, 9.17) is 5.73 Å². The van der Waals surface area contributed by atoms with Gasteiger partial charge >= 0.3 is 0 Å². The van der Waals surface area contributed by atoms with Gasteiger partial charge in [-0.25, -0.2) is 13.8 Å². The minimum absolute atomic E-state index is 0.0547. The van der Waals surface area contributed by atoms with Crippen LogP contribution in [0, 0.1) is 5.92 Å². The number of pyridine rings is 1. The third-order valence-corrected chi connectivity index (χ3v) is 5.86. The van der Waals surface area contributed by atoms with E-state index < -0.39 is 11.6 Å². The SMILES string of the molecule is CCc1ccnc(CN=C2NC(C)=C(C)C(N)(C3CCC(F)(F)CC3)N2)c1. The van der Waals surface area contributed by atoms with Crippen LogP contribution in [0.2, 0.25) is 0 Å². The number of guanidine groups is 1. The lowest BCUT2D eigenvalue weighted by Gasteiger charge is -2.46. The molecule has 1 aliphatic heterocycles. The first-order chi connectivity index (χ1) is 12.7. The van der Waals surface area contributed by atoms with Crippen LogP contribution in [0.5, 0.6) is 0 Å². The van der Waals surface area contributed by atoms with Crippen molar-refractivity contribution in [3.05, 3.63) is 40.9 Å². The molecule has 0 bridgehead atoms. The number of nitrogens with one attached hydrogen (secondary N) is 2. The number of alkyl halides is 2. The Kier molecular flexibility index (Phi) is 5.51. The summed E-state index contributed by atoms with van der Waals surface area (Å²) >= 11 is 0. The van der Waals surface area contributed by atoms with Gasteiger partial charge in [0.05, 0.1) is 12.2 Å². The Morgan fingerprint density at radius 2 is 2.00 bits per heavy atom. The molecule has 0 amide bonds. The van der Waals surface area contributed by atoms with E-state index in [0.29, 0.717) is 25.3 Å². The molecule has 1 aromatic heterocycles. The Labute approximate surface area is 159 Å². The molecule has 1 saturated carbocycles. The van der Waals surface area contributed by atoms with Gasteiger partial charge in [0.15, 0.2) is 5.96 Å². The number of aryl methyl sites for hydroxylation is 1. The molecule has 4 N–H and O–H groups in total. The summed E-state index contributed by atoms with van der Waals surface area (Å²) in [4.78, 5) is 8.96. The van der Waals surface area contributed by atoms with E-state index in [9.17, 15) is 8.78 Å². The second-order valence-corrected chi connectivity index (χ2v) is 7.67. The van der Waals surface area contributed by atoms with Gasteiger partial charge in [0.25, 0.3) is 0 Å². The monoisotopic (exact) mass is 377 g/mol. The van der Waals surface area contributed by atoms with Crippen molar-refractivity contribution in [2.75, 3.05) is 0 Å². The summed E-state index contributed by atoms with van der Waals surface area (Å²) in [5, 5.41) is 6.53. The van der Waals surface area contributed by atoms with E-state index in [1.54, 1.807) is 6.20 Å². The Bertz CT molecular complexity index is 748. The Morgan fingerprint density at radius 1 is 1.30 bits per heavy atom. The van der Waals surface area contributed by atoms with Crippen molar-refractivity contribution in [1.29, 1.82) is 0 Å². The highest BCUT2D eigenvalue weighted by Gasteiger charge is 2.46. The van der Waals surface area contributed by atoms with Crippen molar-refractivity contribution in [2.45, 2.75) is 71.0 Å². The van der Waals surface area contributed by atoms with Crippen LogP contribution in [0.4, 0.5) is 8.78 Å². The summed E-state index contributed by atoms with van der Waals surface area (Å²) in [7, 11) is 0. The molecule has 2 aliphatic rings. The maximum absolute atomic E-state index is 13.6. The highest BCUT2D eigenvalue weighted by atomic mass is 19.3. The third kappa shape index (κ3) is 4.29. The molecule has 1 atom stereocenters. The number of allylic oxidation sites excluding steroid dienone is 1. The maximum Gasteiger partial charge on any atom is 0.248 e. The van der Waals surface area contributed by atoms with Gasteiger partial charge in [-0.15, -0.1) is 0 Å². The topological polar surface area (TPSA) is 75.3 Å². The Balaban J connectivity index is 1.77. The van der Waals surface area contributed by atoms with Crippen molar-refractivity contribution >= 4 is 5.96 Å². The van der Waals surface area contributed by atoms with Crippen molar-refractivity contribution in [3.63, 3.8) is 0 Å². The van der Waals surface area contributed by atoms with Crippen LogP contribution >= 0.6 is 0 Å². The molecule has 148 valence electrons. The number of hydrogen-bond donors (Lipinski definition) is 3. The van der Waals surface area contributed by atoms with Crippen molar-refractivity contribution in [1.82, 2.24) is 15.6 Å². The first kappa shape index (κ1) is 19.7. The predicted molar refractivity (Wildman–Crippen MR) is 103 cm³/mol. The molecular formula is C20H29F2N5. The first-order valence-electron chi connectivity index (χ1n) is 9.61. The van der Waals surface area contributed by atoms with Crippen LogP contribution in [0.15, 0.2) is 34.6 Å². The fraction of sp³-hybridized carbons (Fsp3) is 0.600. The molecule has 1 fully saturated rings. The summed E-state index contributed by atoms with van der Waals surface area (Å²) in [6, 6.07) is 4.04.